The van der Waals surface area contributed by atoms with E-state index in [0.717, 1.165) is 37.3 Å². The topological polar surface area (TPSA) is 25.4 Å². The molecule has 2 aromatic carbocycles. The second kappa shape index (κ2) is 7.14. The number of halogens is 2. The second-order valence-corrected chi connectivity index (χ2v) is 5.16. The molecule has 0 amide bonds. The summed E-state index contributed by atoms with van der Waals surface area (Å²) in [4.78, 5) is 7.14. The number of hydrogen-bond donors (Lipinski definition) is 0. The maximum atomic E-state index is 5.41. The van der Waals surface area contributed by atoms with Gasteiger partial charge in [0.25, 0.3) is 0 Å². The van der Waals surface area contributed by atoms with Crippen LogP contribution >= 0.6 is 24.8 Å². The van der Waals surface area contributed by atoms with Crippen LogP contribution < -0.4 is 4.90 Å². The molecule has 116 valence electrons. The van der Waals surface area contributed by atoms with Gasteiger partial charge in [-0.15, -0.1) is 24.8 Å². The van der Waals surface area contributed by atoms with E-state index in [0.29, 0.717) is 0 Å². The number of ether oxygens (including phenoxy) is 1. The van der Waals surface area contributed by atoms with Gasteiger partial charge in [0.05, 0.1) is 24.2 Å². The Morgan fingerprint density at radius 2 is 1.55 bits per heavy atom. The van der Waals surface area contributed by atoms with Gasteiger partial charge < -0.3 is 9.64 Å². The minimum atomic E-state index is 0. The molecule has 2 heterocycles. The molecule has 0 atom stereocenters. The highest BCUT2D eigenvalue weighted by atomic mass is 35.5. The van der Waals surface area contributed by atoms with Gasteiger partial charge >= 0.3 is 0 Å². The first-order valence-corrected chi connectivity index (χ1v) is 7.02. The average Bonchev–Trinajstić information content (AvgIpc) is 2.53. The first-order valence-electron chi connectivity index (χ1n) is 7.02. The van der Waals surface area contributed by atoms with Crippen molar-refractivity contribution in [2.75, 3.05) is 31.2 Å². The van der Waals surface area contributed by atoms with E-state index in [1.54, 1.807) is 0 Å². The summed E-state index contributed by atoms with van der Waals surface area (Å²) in [5.41, 5.74) is 3.36. The summed E-state index contributed by atoms with van der Waals surface area (Å²) in [5, 5.41) is 2.39. The summed E-state index contributed by atoms with van der Waals surface area (Å²) in [5.74, 6) is 0. The molecule has 1 saturated heterocycles. The van der Waals surface area contributed by atoms with Gasteiger partial charge in [-0.3, -0.25) is 0 Å². The number of pyridine rings is 1. The molecule has 1 aliphatic heterocycles. The van der Waals surface area contributed by atoms with E-state index in [4.69, 9.17) is 9.72 Å². The smallest absolute Gasteiger partial charge is 0.0730 e. The van der Waals surface area contributed by atoms with Crippen LogP contribution in [0.25, 0.3) is 21.8 Å². The maximum Gasteiger partial charge on any atom is 0.0730 e. The Morgan fingerprint density at radius 1 is 0.818 bits per heavy atom. The lowest BCUT2D eigenvalue weighted by molar-refractivity contribution is 0.122. The summed E-state index contributed by atoms with van der Waals surface area (Å²) in [6.07, 6.45) is 0. The van der Waals surface area contributed by atoms with Crippen molar-refractivity contribution in [3.8, 4) is 0 Å². The van der Waals surface area contributed by atoms with E-state index < -0.39 is 0 Å². The predicted octanol–water partition coefficient (Wildman–Crippen LogP) is 4.07. The van der Waals surface area contributed by atoms with Crippen molar-refractivity contribution in [1.29, 1.82) is 0 Å². The monoisotopic (exact) mass is 336 g/mol. The largest absolute Gasteiger partial charge is 0.378 e. The number of rotatable bonds is 1. The third-order valence-electron chi connectivity index (χ3n) is 3.88. The number of para-hydroxylation sites is 1. The number of fused-ring (bicyclic) bond motifs is 2. The third kappa shape index (κ3) is 3.12. The van der Waals surface area contributed by atoms with E-state index in [2.05, 4.69) is 47.4 Å². The molecule has 0 unspecified atom stereocenters. The average molecular weight is 337 g/mol. The van der Waals surface area contributed by atoms with Crippen molar-refractivity contribution in [3.05, 3.63) is 48.5 Å². The van der Waals surface area contributed by atoms with E-state index >= 15 is 0 Å². The van der Waals surface area contributed by atoms with E-state index in [9.17, 15) is 0 Å². The summed E-state index contributed by atoms with van der Waals surface area (Å²) in [7, 11) is 0. The molecule has 4 rings (SSSR count). The Balaban J connectivity index is 0.000000882. The molecular formula is C17H18Cl2N2O. The predicted molar refractivity (Wildman–Crippen MR) is 96.8 cm³/mol. The summed E-state index contributed by atoms with van der Waals surface area (Å²) >= 11 is 0. The van der Waals surface area contributed by atoms with Gasteiger partial charge in [0, 0.05) is 29.5 Å². The Hall–Kier alpha value is -1.55. The first kappa shape index (κ1) is 16.8. The van der Waals surface area contributed by atoms with Crippen LogP contribution in [0.15, 0.2) is 48.5 Å². The molecule has 1 fully saturated rings. The lowest BCUT2D eigenvalue weighted by atomic mass is 10.1. The fraction of sp³-hybridized carbons (Fsp3) is 0.235. The van der Waals surface area contributed by atoms with Crippen LogP contribution in [-0.4, -0.2) is 31.3 Å². The van der Waals surface area contributed by atoms with Crippen molar-refractivity contribution >= 4 is 52.3 Å². The van der Waals surface area contributed by atoms with Crippen LogP contribution in [0.2, 0.25) is 0 Å². The van der Waals surface area contributed by atoms with Crippen molar-refractivity contribution in [2.45, 2.75) is 0 Å². The van der Waals surface area contributed by atoms with Gasteiger partial charge in [-0.25, -0.2) is 4.98 Å². The number of anilines is 1. The van der Waals surface area contributed by atoms with E-state index in [1.165, 1.54) is 16.5 Å². The molecule has 0 N–H and O–H groups in total. The highest BCUT2D eigenvalue weighted by molar-refractivity contribution is 5.94. The highest BCUT2D eigenvalue weighted by Gasteiger charge is 2.11. The van der Waals surface area contributed by atoms with Crippen LogP contribution in [0.1, 0.15) is 0 Å². The Labute approximate surface area is 142 Å². The fourth-order valence-corrected chi connectivity index (χ4v) is 2.78. The van der Waals surface area contributed by atoms with Gasteiger partial charge in [0.1, 0.15) is 0 Å². The van der Waals surface area contributed by atoms with Gasteiger partial charge in [0.15, 0.2) is 0 Å². The summed E-state index contributed by atoms with van der Waals surface area (Å²) in [6.45, 7) is 3.53. The highest BCUT2D eigenvalue weighted by Crippen LogP contribution is 2.24. The van der Waals surface area contributed by atoms with Gasteiger partial charge in [-0.2, -0.15) is 0 Å². The van der Waals surface area contributed by atoms with Crippen molar-refractivity contribution in [2.24, 2.45) is 0 Å². The minimum Gasteiger partial charge on any atom is -0.378 e. The lowest BCUT2D eigenvalue weighted by Gasteiger charge is -2.28. The molecule has 0 spiro atoms. The van der Waals surface area contributed by atoms with Crippen LogP contribution in [0.5, 0.6) is 0 Å². The molecule has 22 heavy (non-hydrogen) atoms. The molecule has 3 nitrogen and oxygen atoms in total. The normalized spacial score (nSPS) is 14.5. The summed E-state index contributed by atoms with van der Waals surface area (Å²) in [6, 6.07) is 17.0. The third-order valence-corrected chi connectivity index (χ3v) is 3.88. The Morgan fingerprint density at radius 3 is 2.36 bits per heavy atom. The zero-order chi connectivity index (χ0) is 13.4. The number of morpholine rings is 1. The Kier molecular flexibility index (Phi) is 5.46. The van der Waals surface area contributed by atoms with E-state index in [1.807, 2.05) is 6.07 Å². The molecule has 1 aromatic heterocycles. The zero-order valence-corrected chi connectivity index (χ0v) is 13.7. The number of nitrogens with zero attached hydrogens (tertiary/aromatic N) is 2. The molecule has 1 aliphatic rings. The molecule has 3 aromatic rings. The van der Waals surface area contributed by atoms with E-state index in [-0.39, 0.29) is 24.8 Å². The van der Waals surface area contributed by atoms with Gasteiger partial charge in [-0.1, -0.05) is 24.3 Å². The maximum absolute atomic E-state index is 5.41. The van der Waals surface area contributed by atoms with Gasteiger partial charge in [0.2, 0.25) is 0 Å². The van der Waals surface area contributed by atoms with Crippen LogP contribution in [0.3, 0.4) is 0 Å². The SMILES string of the molecule is Cl.Cl.c1ccc2nc3cc(N4CCOCC4)ccc3cc2c1. The standard InChI is InChI=1S/C17H16N2O.2ClH/c1-2-4-16-13(3-1)11-14-5-6-15(12-17(14)18-16)19-7-9-20-10-8-19;;/h1-6,11-12H,7-10H2;2*1H. The first-order chi connectivity index (χ1) is 9.90. The molecule has 5 heteroatoms. The van der Waals surface area contributed by atoms with Crippen LogP contribution in [0.4, 0.5) is 5.69 Å². The van der Waals surface area contributed by atoms with Crippen LogP contribution in [0, 0.1) is 0 Å². The fourth-order valence-electron chi connectivity index (χ4n) is 2.78. The minimum absolute atomic E-state index is 0. The van der Waals surface area contributed by atoms with Crippen molar-refractivity contribution in [1.82, 2.24) is 4.98 Å². The van der Waals surface area contributed by atoms with Crippen molar-refractivity contribution < 1.29 is 4.74 Å². The molecule has 0 bridgehead atoms. The summed E-state index contributed by atoms with van der Waals surface area (Å²) < 4.78 is 5.41. The number of aromatic nitrogens is 1. The van der Waals surface area contributed by atoms with Gasteiger partial charge in [-0.05, 0) is 24.3 Å². The Bertz CT molecular complexity index is 773. The molecule has 0 saturated carbocycles. The second-order valence-electron chi connectivity index (χ2n) is 5.16. The number of hydrogen-bond acceptors (Lipinski definition) is 3. The molecular weight excluding hydrogens is 319 g/mol. The zero-order valence-electron chi connectivity index (χ0n) is 12.1. The molecule has 0 radical (unpaired) electrons. The molecule has 0 aliphatic carbocycles. The number of benzene rings is 2. The lowest BCUT2D eigenvalue weighted by Crippen LogP contribution is -2.36. The van der Waals surface area contributed by atoms with Crippen molar-refractivity contribution in [3.63, 3.8) is 0 Å². The van der Waals surface area contributed by atoms with Crippen LogP contribution in [-0.2, 0) is 4.74 Å². The quantitative estimate of drug-likeness (QED) is 0.626.